The Morgan fingerprint density at radius 1 is 1.38 bits per heavy atom. The van der Waals surface area contributed by atoms with Gasteiger partial charge >= 0.3 is 0 Å². The molecule has 1 rings (SSSR count). The van der Waals surface area contributed by atoms with Crippen molar-refractivity contribution in [2.75, 3.05) is 6.26 Å². The van der Waals surface area contributed by atoms with Crippen LogP contribution in [0.5, 0.6) is 0 Å². The third-order valence-corrected chi connectivity index (χ3v) is 3.63. The fourth-order valence-corrected chi connectivity index (χ4v) is 2.52. The van der Waals surface area contributed by atoms with Crippen molar-refractivity contribution < 1.29 is 0 Å². The summed E-state index contributed by atoms with van der Waals surface area (Å²) in [5.74, 6) is 0. The molecule has 0 amide bonds. The first-order valence-electron chi connectivity index (χ1n) is 6.04. The van der Waals surface area contributed by atoms with Gasteiger partial charge in [-0.1, -0.05) is 25.5 Å². The molecule has 0 aliphatic carbocycles. The Balaban J connectivity index is 2.59. The van der Waals surface area contributed by atoms with Crippen LogP contribution >= 0.6 is 11.8 Å². The van der Waals surface area contributed by atoms with Gasteiger partial charge in [-0.2, -0.15) is 0 Å². The molecule has 1 atom stereocenters. The highest BCUT2D eigenvalue weighted by atomic mass is 32.2. The van der Waals surface area contributed by atoms with E-state index in [9.17, 15) is 0 Å². The summed E-state index contributed by atoms with van der Waals surface area (Å²) in [6, 6.07) is 7.32. The van der Waals surface area contributed by atoms with Gasteiger partial charge in [-0.05, 0) is 43.7 Å². The average Bonchev–Trinajstić information content (AvgIpc) is 2.27. The highest BCUT2D eigenvalue weighted by Gasteiger charge is 2.04. The van der Waals surface area contributed by atoms with Gasteiger partial charge in [0.1, 0.15) is 0 Å². The van der Waals surface area contributed by atoms with E-state index >= 15 is 0 Å². The minimum atomic E-state index is 0.612. The molecule has 1 aromatic rings. The van der Waals surface area contributed by atoms with Crippen molar-refractivity contribution >= 4 is 11.8 Å². The Morgan fingerprint density at radius 3 is 2.75 bits per heavy atom. The van der Waals surface area contributed by atoms with Gasteiger partial charge in [0.25, 0.3) is 0 Å². The molecule has 0 aromatic heterocycles. The van der Waals surface area contributed by atoms with E-state index in [0.717, 1.165) is 6.54 Å². The summed E-state index contributed by atoms with van der Waals surface area (Å²) in [5.41, 5.74) is 2.76. The van der Waals surface area contributed by atoms with E-state index in [-0.39, 0.29) is 0 Å². The largest absolute Gasteiger partial charge is 0.310 e. The molecule has 90 valence electrons. The molecule has 1 unspecified atom stereocenters. The zero-order valence-corrected chi connectivity index (χ0v) is 11.7. The van der Waals surface area contributed by atoms with E-state index < -0.39 is 0 Å². The van der Waals surface area contributed by atoms with Crippen molar-refractivity contribution in [3.8, 4) is 0 Å². The summed E-state index contributed by atoms with van der Waals surface area (Å²) >= 11 is 1.83. The van der Waals surface area contributed by atoms with E-state index in [1.807, 2.05) is 11.8 Å². The molecule has 1 nitrogen and oxygen atoms in total. The summed E-state index contributed by atoms with van der Waals surface area (Å²) in [4.78, 5) is 1.40. The molecule has 2 heteroatoms. The normalized spacial score (nSPS) is 12.8. The van der Waals surface area contributed by atoms with E-state index in [1.165, 1.54) is 28.9 Å². The molecule has 0 aliphatic rings. The molecule has 0 saturated heterocycles. The molecule has 0 bridgehead atoms. The monoisotopic (exact) mass is 237 g/mol. The highest BCUT2D eigenvalue weighted by Crippen LogP contribution is 2.21. The van der Waals surface area contributed by atoms with Gasteiger partial charge in [-0.25, -0.2) is 0 Å². The van der Waals surface area contributed by atoms with Crippen LogP contribution in [0.4, 0.5) is 0 Å². The van der Waals surface area contributed by atoms with Gasteiger partial charge in [0.15, 0.2) is 0 Å². The van der Waals surface area contributed by atoms with Crippen LogP contribution in [0.25, 0.3) is 0 Å². The van der Waals surface area contributed by atoms with Crippen LogP contribution in [0, 0.1) is 6.92 Å². The van der Waals surface area contributed by atoms with Crippen LogP contribution in [0.3, 0.4) is 0 Å². The van der Waals surface area contributed by atoms with Gasteiger partial charge in [0.05, 0.1) is 0 Å². The van der Waals surface area contributed by atoms with E-state index in [1.54, 1.807) is 0 Å². The average molecular weight is 237 g/mol. The van der Waals surface area contributed by atoms with Gasteiger partial charge in [-0.3, -0.25) is 0 Å². The molecule has 0 radical (unpaired) electrons. The van der Waals surface area contributed by atoms with Crippen LogP contribution in [0.1, 0.15) is 37.8 Å². The molecule has 0 aliphatic heterocycles. The molecule has 0 saturated carbocycles. The summed E-state index contributed by atoms with van der Waals surface area (Å²) in [7, 11) is 0. The maximum atomic E-state index is 3.58. The number of thioether (sulfide) groups is 1. The molecule has 1 N–H and O–H groups in total. The van der Waals surface area contributed by atoms with Crippen LogP contribution in [-0.4, -0.2) is 12.3 Å². The second-order valence-corrected chi connectivity index (χ2v) is 5.23. The van der Waals surface area contributed by atoms with Crippen LogP contribution in [0.2, 0.25) is 0 Å². The van der Waals surface area contributed by atoms with Crippen molar-refractivity contribution in [3.63, 3.8) is 0 Å². The van der Waals surface area contributed by atoms with Gasteiger partial charge in [0, 0.05) is 17.5 Å². The van der Waals surface area contributed by atoms with E-state index in [0.29, 0.717) is 6.04 Å². The lowest BCUT2D eigenvalue weighted by molar-refractivity contribution is 0.506. The quantitative estimate of drug-likeness (QED) is 0.751. The highest BCUT2D eigenvalue weighted by molar-refractivity contribution is 7.98. The number of benzene rings is 1. The molecule has 0 heterocycles. The Hall–Kier alpha value is -0.470. The topological polar surface area (TPSA) is 12.0 Å². The lowest BCUT2D eigenvalue weighted by Gasteiger charge is -2.14. The zero-order chi connectivity index (χ0) is 12.0. The first-order valence-corrected chi connectivity index (χ1v) is 7.26. The summed E-state index contributed by atoms with van der Waals surface area (Å²) in [5, 5.41) is 3.58. The first-order chi connectivity index (χ1) is 7.67. The maximum absolute atomic E-state index is 3.58. The molecular formula is C14H23NS. The fraction of sp³-hybridized carbons (Fsp3) is 0.571. The van der Waals surface area contributed by atoms with Crippen LogP contribution < -0.4 is 5.32 Å². The predicted octanol–water partition coefficient (Wildman–Crippen LogP) is 4.00. The third kappa shape index (κ3) is 4.18. The smallest absolute Gasteiger partial charge is 0.0219 e. The minimum absolute atomic E-state index is 0.612. The SMILES string of the molecule is CCCC(C)NCc1ccc(C)cc1SC. The summed E-state index contributed by atoms with van der Waals surface area (Å²) in [6.45, 7) is 7.63. The predicted molar refractivity (Wildman–Crippen MR) is 74.2 cm³/mol. The van der Waals surface area contributed by atoms with Crippen molar-refractivity contribution in [2.24, 2.45) is 0 Å². The molecule has 0 spiro atoms. The van der Waals surface area contributed by atoms with Crippen molar-refractivity contribution in [2.45, 2.75) is 51.1 Å². The Bertz CT molecular complexity index is 323. The minimum Gasteiger partial charge on any atom is -0.310 e. The first kappa shape index (κ1) is 13.6. The van der Waals surface area contributed by atoms with Crippen molar-refractivity contribution in [1.29, 1.82) is 0 Å². The van der Waals surface area contributed by atoms with Crippen LogP contribution in [-0.2, 0) is 6.54 Å². The Labute approximate surface area is 104 Å². The van der Waals surface area contributed by atoms with Crippen molar-refractivity contribution in [3.05, 3.63) is 29.3 Å². The number of hydrogen-bond acceptors (Lipinski definition) is 2. The fourth-order valence-electron chi connectivity index (χ4n) is 1.82. The molecule has 16 heavy (non-hydrogen) atoms. The number of rotatable bonds is 6. The molecule has 1 aromatic carbocycles. The number of nitrogens with one attached hydrogen (secondary N) is 1. The molecule has 0 fully saturated rings. The van der Waals surface area contributed by atoms with E-state index in [2.05, 4.69) is 50.5 Å². The Kier molecular flexibility index (Phi) is 5.93. The maximum Gasteiger partial charge on any atom is 0.0219 e. The zero-order valence-electron chi connectivity index (χ0n) is 10.8. The lowest BCUT2D eigenvalue weighted by atomic mass is 10.1. The van der Waals surface area contributed by atoms with Gasteiger partial charge < -0.3 is 5.32 Å². The second-order valence-electron chi connectivity index (χ2n) is 4.39. The van der Waals surface area contributed by atoms with Gasteiger partial charge in [0.2, 0.25) is 0 Å². The van der Waals surface area contributed by atoms with Gasteiger partial charge in [-0.15, -0.1) is 11.8 Å². The lowest BCUT2D eigenvalue weighted by Crippen LogP contribution is -2.25. The second kappa shape index (κ2) is 6.97. The summed E-state index contributed by atoms with van der Waals surface area (Å²) in [6.07, 6.45) is 4.64. The Morgan fingerprint density at radius 2 is 2.12 bits per heavy atom. The van der Waals surface area contributed by atoms with E-state index in [4.69, 9.17) is 0 Å². The number of hydrogen-bond donors (Lipinski definition) is 1. The standard InChI is InChI=1S/C14H23NS/c1-5-6-12(3)15-10-13-8-7-11(2)9-14(13)16-4/h7-9,12,15H,5-6,10H2,1-4H3. The summed E-state index contributed by atoms with van der Waals surface area (Å²) < 4.78 is 0. The van der Waals surface area contributed by atoms with Crippen molar-refractivity contribution in [1.82, 2.24) is 5.32 Å². The number of aryl methyl sites for hydroxylation is 1. The van der Waals surface area contributed by atoms with Crippen LogP contribution in [0.15, 0.2) is 23.1 Å². The third-order valence-electron chi connectivity index (χ3n) is 2.81. The molecular weight excluding hydrogens is 214 g/mol.